The number of methoxy groups -OCH3 is 3. The standard InChI is InChI=1S/C30H41N3O8S.C30H39N3O7S.C29H40N2O8.3CH4/c1-18(2)8-13-22-29(3,41-22)27-26(39-4)21(14-15-30(27)17-40-30)32-28(38)33-24(35)16-42-20-11-9-19(10-12-20)31-23(34)6-5-7-25(36)37;1-18(2)8-13-22-29(3,40-22)27-26(38-4)21(14-15-30(27)17-39-30)31-28(37)32-23(34)16-41-20-11-9-19(10-12-20)33-24(35)6-5-7-25(33)36;1-18(2)8-13-22-28(3,39-22)26-25(36-4)21(14-15-29(26)17-37-29)38-27(35)30-16-19-9-11-20(12-10-19)31-23(32)6-5-7-24(33)34;;;/h8-12,21-22,26-27H,5-7,13-17H2,1-4H3,(H,31,34)(H,36,37)(H2,32,33,35,38);8-12,21-22,26-27H,5-7,13-17H2,1-4H3,(H2,31,32,34,37);8-12,21-22,25-26H,5-7,13-17H2,1-4H3,(H,30,35)(H,31,32)(H,33,34);3*1H4/t2*21-,22-,26-,27-,29-,30+;21-,22-,25-,26-,28-,29+;;;/m111.../s1. The van der Waals surface area contributed by atoms with Gasteiger partial charge < -0.3 is 84.2 Å². The maximum Gasteiger partial charge on any atom is 0.407 e. The van der Waals surface area contributed by atoms with Crippen molar-refractivity contribution < 1.29 is 110 Å². The molecule has 3 spiro atoms. The lowest BCUT2D eigenvalue weighted by Gasteiger charge is -2.43. The van der Waals surface area contributed by atoms with Gasteiger partial charge in [-0.05, 0) is 206 Å². The quantitative estimate of drug-likeness (QED) is 0.0116. The van der Waals surface area contributed by atoms with Crippen LogP contribution in [0.25, 0.3) is 0 Å². The number of ether oxygens (including phenoxy) is 10. The minimum absolute atomic E-state index is 0. The van der Waals surface area contributed by atoms with Gasteiger partial charge in [-0.25, -0.2) is 14.4 Å². The van der Waals surface area contributed by atoms with Crippen LogP contribution in [-0.2, 0) is 92.3 Å². The summed E-state index contributed by atoms with van der Waals surface area (Å²) in [5.41, 5.74) is 4.21. The number of carboxylic acids is 2. The average Bonchev–Trinajstić information content (AvgIpc) is 1.54. The summed E-state index contributed by atoms with van der Waals surface area (Å²) in [6, 6.07) is 19.2. The number of alkyl carbamates (subject to hydrolysis) is 1. The summed E-state index contributed by atoms with van der Waals surface area (Å²) in [5, 5.41) is 36.4. The number of benzene rings is 3. The molecule has 7 aliphatic heterocycles. The number of epoxide rings is 6. The summed E-state index contributed by atoms with van der Waals surface area (Å²) in [7, 11) is 4.93. The van der Waals surface area contributed by atoms with E-state index in [1.54, 1.807) is 94.1 Å². The number of amides is 11. The Kier molecular flexibility index (Phi) is 36.2. The van der Waals surface area contributed by atoms with E-state index in [1.165, 1.54) is 45.1 Å². The summed E-state index contributed by atoms with van der Waals surface area (Å²) >= 11 is 2.52. The van der Waals surface area contributed by atoms with Crippen LogP contribution >= 0.6 is 23.5 Å². The molecule has 0 bridgehead atoms. The number of thioether (sulfide) groups is 2. The first kappa shape index (κ1) is 102. The number of allylic oxidation sites excluding steroid dienone is 3. The summed E-state index contributed by atoms with van der Waals surface area (Å²) in [6.07, 6.45) is 13.7. The van der Waals surface area contributed by atoms with Gasteiger partial charge in [0.25, 0.3) is 0 Å². The van der Waals surface area contributed by atoms with E-state index < -0.39 is 64.8 Å². The number of aliphatic carboxylic acids is 2. The number of carbonyl (C=O) groups excluding carboxylic acids is 9. The number of carbonyl (C=O) groups is 11. The topological polar surface area (TPSA) is 428 Å². The van der Waals surface area contributed by atoms with E-state index in [2.05, 4.69) is 118 Å². The Morgan fingerprint density at radius 1 is 0.496 bits per heavy atom. The van der Waals surface area contributed by atoms with Crippen molar-refractivity contribution in [1.82, 2.24) is 26.6 Å². The molecule has 11 amide bonds. The summed E-state index contributed by atoms with van der Waals surface area (Å²) in [6.45, 7) is 21.0. The fraction of sp³-hybridized carbons (Fsp3) is 0.620. The van der Waals surface area contributed by atoms with Crippen LogP contribution in [0, 0.1) is 17.8 Å². The Hall–Kier alpha value is -8.61. The Labute approximate surface area is 743 Å². The van der Waals surface area contributed by atoms with Crippen molar-refractivity contribution in [2.75, 3.05) is 68.2 Å². The number of urea groups is 2. The van der Waals surface area contributed by atoms with Crippen LogP contribution in [0.15, 0.2) is 118 Å². The molecule has 10 aliphatic rings. The predicted octanol–water partition coefficient (Wildman–Crippen LogP) is 13.7. The van der Waals surface area contributed by atoms with E-state index in [-0.39, 0.29) is 186 Å². The molecule has 7 heterocycles. The van der Waals surface area contributed by atoms with Crippen LogP contribution < -0.4 is 42.1 Å². The van der Waals surface area contributed by atoms with Crippen molar-refractivity contribution in [3.63, 3.8) is 0 Å². The number of rotatable bonds is 34. The van der Waals surface area contributed by atoms with Gasteiger partial charge in [-0.15, -0.1) is 23.5 Å². The third-order valence-corrected chi connectivity index (χ3v) is 26.8. The van der Waals surface area contributed by atoms with Crippen molar-refractivity contribution >= 4 is 106 Å². The summed E-state index contributed by atoms with van der Waals surface area (Å²) < 4.78 is 60.2. The van der Waals surface area contributed by atoms with Crippen LogP contribution in [0.2, 0.25) is 0 Å². The van der Waals surface area contributed by atoms with Gasteiger partial charge in [-0.1, -0.05) is 69.4 Å². The lowest BCUT2D eigenvalue weighted by molar-refractivity contribution is -0.138. The molecule has 13 rings (SSSR count). The molecule has 9 N–H and O–H groups in total. The first-order valence-corrected chi connectivity index (χ1v) is 44.1. The van der Waals surface area contributed by atoms with Gasteiger partial charge in [0.2, 0.25) is 35.4 Å². The zero-order valence-corrected chi connectivity index (χ0v) is 73.4. The number of piperidine rings is 1. The molecule has 33 heteroatoms. The van der Waals surface area contributed by atoms with Crippen molar-refractivity contribution in [2.24, 2.45) is 17.8 Å². The molecule has 125 heavy (non-hydrogen) atoms. The first-order valence-electron chi connectivity index (χ1n) is 42.1. The highest BCUT2D eigenvalue weighted by atomic mass is 32.2. The third kappa shape index (κ3) is 26.8. The molecule has 18 atom stereocenters. The third-order valence-electron chi connectivity index (χ3n) is 24.7. The van der Waals surface area contributed by atoms with Crippen LogP contribution in [0.5, 0.6) is 0 Å². The van der Waals surface area contributed by atoms with Crippen LogP contribution in [0.3, 0.4) is 0 Å². The zero-order chi connectivity index (χ0) is 88.1. The van der Waals surface area contributed by atoms with Gasteiger partial charge in [-0.3, -0.25) is 53.9 Å². The summed E-state index contributed by atoms with van der Waals surface area (Å²) in [4.78, 5) is 136. The highest BCUT2D eigenvalue weighted by Gasteiger charge is 2.75. The molecule has 690 valence electrons. The van der Waals surface area contributed by atoms with Gasteiger partial charge in [0.1, 0.15) is 34.6 Å². The van der Waals surface area contributed by atoms with Gasteiger partial charge >= 0.3 is 30.1 Å². The normalized spacial score (nSPS) is 30.1. The molecular formula is C92H132N8O23S2. The average molecular weight is 1780 g/mol. The van der Waals surface area contributed by atoms with Crippen molar-refractivity contribution in [2.45, 2.75) is 305 Å². The fourth-order valence-corrected chi connectivity index (χ4v) is 19.5. The van der Waals surface area contributed by atoms with E-state index in [1.807, 2.05) is 0 Å². The number of hydrogen-bond donors (Lipinski definition) is 9. The molecule has 7 saturated heterocycles. The molecule has 0 radical (unpaired) electrons. The number of nitrogens with zero attached hydrogens (tertiary/aromatic N) is 1. The fourth-order valence-electron chi connectivity index (χ4n) is 18.1. The van der Waals surface area contributed by atoms with E-state index >= 15 is 0 Å². The van der Waals surface area contributed by atoms with Gasteiger partial charge in [0.05, 0.1) is 96.7 Å². The Bertz CT molecular complexity index is 4360. The Morgan fingerprint density at radius 2 is 0.856 bits per heavy atom. The number of carboxylic acid groups (broad SMARTS) is 2. The molecule has 0 aromatic heterocycles. The predicted molar refractivity (Wildman–Crippen MR) is 474 cm³/mol. The molecule has 10 fully saturated rings. The van der Waals surface area contributed by atoms with Crippen LogP contribution in [0.4, 0.5) is 31.4 Å². The molecule has 3 aromatic carbocycles. The van der Waals surface area contributed by atoms with E-state index in [9.17, 15) is 52.7 Å². The van der Waals surface area contributed by atoms with Crippen LogP contribution in [0.1, 0.15) is 206 Å². The molecular weight excluding hydrogens is 1650 g/mol. The Morgan fingerprint density at radius 3 is 1.22 bits per heavy atom. The highest BCUT2D eigenvalue weighted by Crippen LogP contribution is 2.62. The first-order chi connectivity index (χ1) is 58.1. The van der Waals surface area contributed by atoms with Crippen molar-refractivity contribution in [3.8, 4) is 0 Å². The second kappa shape index (κ2) is 44.4. The second-order valence-electron chi connectivity index (χ2n) is 34.5. The van der Waals surface area contributed by atoms with E-state index in [0.717, 1.165) is 53.9 Å². The molecule has 31 nitrogen and oxygen atoms in total. The number of nitrogens with one attached hydrogen (secondary N) is 7. The van der Waals surface area contributed by atoms with Gasteiger partial charge in [-0.2, -0.15) is 0 Å². The second-order valence-corrected chi connectivity index (χ2v) is 36.6. The maximum absolute atomic E-state index is 12.8. The van der Waals surface area contributed by atoms with E-state index in [0.29, 0.717) is 75.4 Å². The van der Waals surface area contributed by atoms with Gasteiger partial charge in [0.15, 0.2) is 0 Å². The minimum atomic E-state index is -0.934. The molecule has 0 unspecified atom stereocenters. The largest absolute Gasteiger partial charge is 0.481 e. The Balaban J connectivity index is 0.000000230. The zero-order valence-electron chi connectivity index (χ0n) is 71.8. The number of imide groups is 3. The monoisotopic (exact) mass is 1780 g/mol. The van der Waals surface area contributed by atoms with Crippen molar-refractivity contribution in [1.29, 1.82) is 0 Å². The van der Waals surface area contributed by atoms with Crippen LogP contribution in [-0.4, -0.2) is 217 Å². The highest BCUT2D eigenvalue weighted by molar-refractivity contribution is 8.00. The lowest BCUT2D eigenvalue weighted by atomic mass is 9.67. The number of hydrogen-bond acceptors (Lipinski definition) is 23. The van der Waals surface area contributed by atoms with Gasteiger partial charge in [0, 0.05) is 99.4 Å². The molecule has 3 saturated carbocycles. The SMILES string of the molecule is C.C.C.CO[C@@H]1[C@H](NC(=O)NC(=O)CSc2ccc(N3C(=O)CCCC3=O)cc2)CC[C@]2(CO2)[C@H]1[C@]1(C)O[C@@H]1CC=C(C)C.CO[C@@H]1[C@H](NC(=O)NC(=O)CSc2ccc(NC(=O)CCCC(=O)O)cc2)CC[C@]2(CO2)[C@H]1[C@]1(C)O[C@@H]1CC=C(C)C.CO[C@@H]1[C@H](OC(=O)NCc2ccc(NC(=O)CCCC(=O)O)cc2)CC[C@]2(CO2)[C@H]1[C@]1(C)O[C@@H]1CC=C(C)C. The minimum Gasteiger partial charge on any atom is -0.481 e. The van der Waals surface area contributed by atoms with Crippen molar-refractivity contribution in [3.05, 3.63) is 113 Å². The summed E-state index contributed by atoms with van der Waals surface area (Å²) in [5.74, 6) is -3.68. The smallest absolute Gasteiger partial charge is 0.407 e. The van der Waals surface area contributed by atoms with E-state index in [4.69, 9.17) is 57.6 Å². The molecule has 3 aromatic rings. The number of anilines is 3. The molecule has 3 aliphatic carbocycles. The maximum atomic E-state index is 12.8. The lowest BCUT2D eigenvalue weighted by Crippen LogP contribution is -2.60.